The van der Waals surface area contributed by atoms with E-state index in [0.29, 0.717) is 29.0 Å². The van der Waals surface area contributed by atoms with Gasteiger partial charge in [-0.2, -0.15) is 17.7 Å². The second-order valence-electron chi connectivity index (χ2n) is 6.60. The third-order valence-electron chi connectivity index (χ3n) is 4.51. The van der Waals surface area contributed by atoms with Gasteiger partial charge in [0, 0.05) is 23.5 Å². The van der Waals surface area contributed by atoms with Crippen LogP contribution in [0.3, 0.4) is 0 Å². The summed E-state index contributed by atoms with van der Waals surface area (Å²) in [4.78, 5) is 4.25. The van der Waals surface area contributed by atoms with Crippen LogP contribution in [0, 0.1) is 0 Å². The zero-order valence-corrected chi connectivity index (χ0v) is 14.2. The van der Waals surface area contributed by atoms with Gasteiger partial charge in [0.1, 0.15) is 5.82 Å². The molecule has 7 nitrogen and oxygen atoms in total. The topological polar surface area (TPSA) is 106 Å². The Morgan fingerprint density at radius 3 is 2.56 bits per heavy atom. The first-order valence-corrected chi connectivity index (χ1v) is 8.45. The molecule has 0 amide bonds. The lowest BCUT2D eigenvalue weighted by molar-refractivity contribution is -0.137. The molecule has 0 unspecified atom stereocenters. The molecule has 10 heteroatoms. The predicted molar refractivity (Wildman–Crippen MR) is 97.8 cm³/mol. The minimum Gasteiger partial charge on any atom is -0.399 e. The summed E-state index contributed by atoms with van der Waals surface area (Å²) in [7, 11) is 0. The van der Waals surface area contributed by atoms with E-state index in [1.165, 1.54) is 16.8 Å². The summed E-state index contributed by atoms with van der Waals surface area (Å²) in [6.45, 7) is 0. The lowest BCUT2D eigenvalue weighted by Gasteiger charge is -2.27. The lowest BCUT2D eigenvalue weighted by Crippen LogP contribution is -2.27. The van der Waals surface area contributed by atoms with Crippen molar-refractivity contribution in [1.82, 2.24) is 14.6 Å². The van der Waals surface area contributed by atoms with Gasteiger partial charge in [0.25, 0.3) is 0 Å². The van der Waals surface area contributed by atoms with Gasteiger partial charge in [-0.1, -0.05) is 0 Å². The van der Waals surface area contributed by atoms with Gasteiger partial charge in [-0.05, 0) is 37.5 Å². The summed E-state index contributed by atoms with van der Waals surface area (Å²) < 4.78 is 40.5. The molecular weight excluding hydrogens is 359 g/mol. The van der Waals surface area contributed by atoms with Crippen molar-refractivity contribution in [3.8, 4) is 0 Å². The maximum Gasteiger partial charge on any atom is 0.416 e. The van der Waals surface area contributed by atoms with Gasteiger partial charge in [-0.15, -0.1) is 5.10 Å². The van der Waals surface area contributed by atoms with E-state index in [1.54, 1.807) is 6.07 Å². The molecule has 0 atom stereocenters. The number of aromatic nitrogens is 3. The van der Waals surface area contributed by atoms with Crippen molar-refractivity contribution in [1.29, 1.82) is 0 Å². The number of hydrogen-bond acceptors (Lipinski definition) is 6. The maximum absolute atomic E-state index is 13.0. The van der Waals surface area contributed by atoms with Crippen LogP contribution >= 0.6 is 0 Å². The lowest BCUT2D eigenvalue weighted by atomic mass is 9.93. The van der Waals surface area contributed by atoms with Gasteiger partial charge >= 0.3 is 6.18 Å². The molecule has 0 aliphatic heterocycles. The molecule has 1 saturated carbocycles. The first-order chi connectivity index (χ1) is 12.8. The van der Waals surface area contributed by atoms with Gasteiger partial charge in [-0.3, -0.25) is 0 Å². The molecule has 1 fully saturated rings. The summed E-state index contributed by atoms with van der Waals surface area (Å²) in [5.74, 6) is 0.654. The number of imidazole rings is 1. The Morgan fingerprint density at radius 1 is 1.11 bits per heavy atom. The van der Waals surface area contributed by atoms with Crippen molar-refractivity contribution < 1.29 is 13.2 Å². The van der Waals surface area contributed by atoms with Crippen LogP contribution in [0.25, 0.3) is 5.65 Å². The van der Waals surface area contributed by atoms with E-state index in [1.807, 2.05) is 0 Å². The van der Waals surface area contributed by atoms with E-state index in [-0.39, 0.29) is 11.4 Å². The summed E-state index contributed by atoms with van der Waals surface area (Å²) in [6, 6.07) is 5.33. The van der Waals surface area contributed by atoms with Gasteiger partial charge in [0.05, 0.1) is 17.4 Å². The van der Waals surface area contributed by atoms with Crippen molar-refractivity contribution in [3.05, 3.63) is 36.0 Å². The SMILES string of the molecule is Nc1cc(Nc2cc(NC3CCC3)c3ncc(N)n3n2)cc(C(F)(F)F)c1. The largest absolute Gasteiger partial charge is 0.416 e. The van der Waals surface area contributed by atoms with Gasteiger partial charge in [0.2, 0.25) is 0 Å². The number of nitrogen functional groups attached to an aromatic ring is 2. The van der Waals surface area contributed by atoms with Gasteiger partial charge < -0.3 is 22.1 Å². The standard InChI is InChI=1S/C17H18F3N7/c18-17(19,20)9-4-10(21)6-12(5-9)25-15-7-13(24-11-2-1-3-11)16-23-8-14(22)27(16)26-15/h4-8,11,24H,1-3,21-22H2,(H,25,26). The molecule has 3 aromatic rings. The molecule has 0 radical (unpaired) electrons. The monoisotopic (exact) mass is 377 g/mol. The number of benzene rings is 1. The minimum absolute atomic E-state index is 0.00312. The zero-order valence-electron chi connectivity index (χ0n) is 14.2. The third kappa shape index (κ3) is 3.42. The number of nitrogens with zero attached hydrogens (tertiary/aromatic N) is 3. The predicted octanol–water partition coefficient (Wildman–Crippen LogP) is 3.62. The number of nitrogens with two attached hydrogens (primary N) is 2. The molecule has 27 heavy (non-hydrogen) atoms. The van der Waals surface area contributed by atoms with Gasteiger partial charge in [0.15, 0.2) is 11.5 Å². The highest BCUT2D eigenvalue weighted by atomic mass is 19.4. The Kier molecular flexibility index (Phi) is 3.97. The molecule has 2 aromatic heterocycles. The number of halogens is 3. The third-order valence-corrected chi connectivity index (χ3v) is 4.51. The number of anilines is 5. The smallest absolute Gasteiger partial charge is 0.399 e. The molecule has 1 aromatic carbocycles. The molecule has 0 saturated heterocycles. The van der Waals surface area contributed by atoms with Crippen LogP contribution < -0.4 is 22.1 Å². The Labute approximate surface area is 152 Å². The average Bonchev–Trinajstić information content (AvgIpc) is 2.91. The summed E-state index contributed by atoms with van der Waals surface area (Å²) >= 11 is 0. The number of alkyl halides is 3. The molecule has 142 valence electrons. The molecule has 1 aliphatic rings. The fourth-order valence-electron chi connectivity index (χ4n) is 2.96. The van der Waals surface area contributed by atoms with E-state index >= 15 is 0 Å². The summed E-state index contributed by atoms with van der Waals surface area (Å²) in [6.07, 6.45) is 0.259. The van der Waals surface area contributed by atoms with E-state index in [9.17, 15) is 13.2 Å². The van der Waals surface area contributed by atoms with Crippen molar-refractivity contribution in [2.24, 2.45) is 0 Å². The average molecular weight is 377 g/mol. The van der Waals surface area contributed by atoms with Crippen LogP contribution in [0.1, 0.15) is 24.8 Å². The van der Waals surface area contributed by atoms with Crippen LogP contribution in [0.2, 0.25) is 0 Å². The van der Waals surface area contributed by atoms with E-state index in [0.717, 1.165) is 31.4 Å². The highest BCUT2D eigenvalue weighted by Crippen LogP contribution is 2.34. The Hall–Kier alpha value is -3.17. The number of fused-ring (bicyclic) bond motifs is 1. The fraction of sp³-hybridized carbons (Fsp3) is 0.294. The first-order valence-electron chi connectivity index (χ1n) is 8.45. The van der Waals surface area contributed by atoms with Crippen molar-refractivity contribution in [2.75, 3.05) is 22.1 Å². The molecule has 1 aliphatic carbocycles. The molecule has 2 heterocycles. The first kappa shape index (κ1) is 17.3. The molecule has 4 rings (SSSR count). The molecular formula is C17H18F3N7. The number of hydrogen-bond donors (Lipinski definition) is 4. The highest BCUT2D eigenvalue weighted by Gasteiger charge is 2.31. The summed E-state index contributed by atoms with van der Waals surface area (Å²) in [5.41, 5.74) is 12.2. The Balaban J connectivity index is 1.71. The van der Waals surface area contributed by atoms with Crippen molar-refractivity contribution >= 4 is 34.3 Å². The fourth-order valence-corrected chi connectivity index (χ4v) is 2.96. The van der Waals surface area contributed by atoms with E-state index < -0.39 is 11.7 Å². The van der Waals surface area contributed by atoms with Crippen LogP contribution in [0.4, 0.5) is 41.9 Å². The normalized spacial score (nSPS) is 14.9. The van der Waals surface area contributed by atoms with E-state index in [4.69, 9.17) is 11.5 Å². The number of nitrogens with one attached hydrogen (secondary N) is 2. The van der Waals surface area contributed by atoms with Gasteiger partial charge in [-0.25, -0.2) is 4.98 Å². The van der Waals surface area contributed by atoms with Crippen LogP contribution in [-0.2, 0) is 6.18 Å². The number of rotatable bonds is 4. The Morgan fingerprint density at radius 2 is 1.89 bits per heavy atom. The molecule has 0 spiro atoms. The second-order valence-corrected chi connectivity index (χ2v) is 6.60. The highest BCUT2D eigenvalue weighted by molar-refractivity contribution is 5.74. The second kappa shape index (κ2) is 6.22. The van der Waals surface area contributed by atoms with E-state index in [2.05, 4.69) is 20.7 Å². The minimum atomic E-state index is -4.49. The van der Waals surface area contributed by atoms with Crippen LogP contribution in [0.15, 0.2) is 30.5 Å². The van der Waals surface area contributed by atoms with Crippen molar-refractivity contribution in [3.63, 3.8) is 0 Å². The van der Waals surface area contributed by atoms with Crippen molar-refractivity contribution in [2.45, 2.75) is 31.5 Å². The Bertz CT molecular complexity index is 992. The van der Waals surface area contributed by atoms with Crippen LogP contribution in [0.5, 0.6) is 0 Å². The van der Waals surface area contributed by atoms with Crippen LogP contribution in [-0.4, -0.2) is 20.6 Å². The molecule has 0 bridgehead atoms. The summed E-state index contributed by atoms with van der Waals surface area (Å²) in [5, 5.41) is 10.6. The zero-order chi connectivity index (χ0) is 19.2. The maximum atomic E-state index is 13.0. The molecule has 6 N–H and O–H groups in total. The quantitative estimate of drug-likeness (QED) is 0.518.